The monoisotopic (exact) mass is 450 g/mol. The molecule has 1 amide bonds. The molecule has 33 heavy (non-hydrogen) atoms. The summed E-state index contributed by atoms with van der Waals surface area (Å²) in [6.45, 7) is 4.89. The molecule has 0 radical (unpaired) electrons. The number of carbonyl (C=O) groups is 1. The highest BCUT2D eigenvalue weighted by atomic mass is 16.5. The molecule has 9 nitrogen and oxygen atoms in total. The number of carbonyl (C=O) groups excluding carboxylic acids is 1. The van der Waals surface area contributed by atoms with E-state index in [-0.39, 0.29) is 11.6 Å². The minimum absolute atomic E-state index is 0.0327. The fourth-order valence-corrected chi connectivity index (χ4v) is 4.68. The van der Waals surface area contributed by atoms with Crippen molar-refractivity contribution in [2.75, 3.05) is 32.8 Å². The van der Waals surface area contributed by atoms with Gasteiger partial charge in [0.25, 0.3) is 5.91 Å². The van der Waals surface area contributed by atoms with E-state index in [0.717, 1.165) is 57.7 Å². The first-order valence-electron chi connectivity index (χ1n) is 11.8. The fourth-order valence-electron chi connectivity index (χ4n) is 4.68. The molecule has 9 heteroatoms. The first kappa shape index (κ1) is 21.8. The number of nitrogens with one attached hydrogen (secondary N) is 2. The molecule has 3 aromatic rings. The number of hydrogen-bond acceptors (Lipinski definition) is 6. The lowest BCUT2D eigenvalue weighted by Crippen LogP contribution is -2.37. The number of nitrogens with zero attached hydrogens (tertiary/aromatic N) is 4. The van der Waals surface area contributed by atoms with E-state index >= 15 is 0 Å². The molecule has 2 aliphatic rings. The maximum Gasteiger partial charge on any atom is 0.328 e. The van der Waals surface area contributed by atoms with Gasteiger partial charge in [0.05, 0.1) is 25.1 Å². The Labute approximate surface area is 192 Å². The molecule has 0 unspecified atom stereocenters. The Balaban J connectivity index is 1.29. The number of aromatic nitrogens is 4. The molecular formula is C24H30N6O3. The van der Waals surface area contributed by atoms with Crippen LogP contribution in [0.2, 0.25) is 0 Å². The number of aromatic amines is 1. The highest BCUT2D eigenvalue weighted by molar-refractivity contribution is 5.94. The summed E-state index contributed by atoms with van der Waals surface area (Å²) in [6.07, 6.45) is 6.99. The summed E-state index contributed by atoms with van der Waals surface area (Å²) in [5.41, 5.74) is 3.02. The van der Waals surface area contributed by atoms with Crippen molar-refractivity contribution in [3.8, 4) is 11.3 Å². The summed E-state index contributed by atoms with van der Waals surface area (Å²) in [7, 11) is 0. The van der Waals surface area contributed by atoms with Crippen molar-refractivity contribution in [3.05, 3.63) is 46.5 Å². The summed E-state index contributed by atoms with van der Waals surface area (Å²) in [4.78, 5) is 39.3. The number of morpholine rings is 1. The minimum Gasteiger partial charge on any atom is -0.379 e. The first-order chi connectivity index (χ1) is 16.2. The van der Waals surface area contributed by atoms with E-state index in [0.29, 0.717) is 35.1 Å². The summed E-state index contributed by atoms with van der Waals surface area (Å²) in [5, 5.41) is 3.11. The average Bonchev–Trinajstić information content (AvgIpc) is 3.47. The van der Waals surface area contributed by atoms with Crippen molar-refractivity contribution in [3.63, 3.8) is 0 Å². The molecule has 2 N–H and O–H groups in total. The van der Waals surface area contributed by atoms with Crippen molar-refractivity contribution in [2.24, 2.45) is 0 Å². The summed E-state index contributed by atoms with van der Waals surface area (Å²) >= 11 is 0. The minimum atomic E-state index is -0.192. The third-order valence-electron chi connectivity index (χ3n) is 6.57. The second kappa shape index (κ2) is 9.84. The van der Waals surface area contributed by atoms with Crippen LogP contribution in [-0.2, 0) is 11.3 Å². The lowest BCUT2D eigenvalue weighted by atomic mass is 10.1. The average molecular weight is 451 g/mol. The molecule has 5 rings (SSSR count). The topological polar surface area (TPSA) is 105 Å². The molecule has 2 aromatic heterocycles. The Morgan fingerprint density at radius 2 is 1.88 bits per heavy atom. The maximum absolute atomic E-state index is 12.5. The van der Waals surface area contributed by atoms with Crippen LogP contribution in [0.3, 0.4) is 0 Å². The quantitative estimate of drug-likeness (QED) is 0.572. The van der Waals surface area contributed by atoms with Crippen molar-refractivity contribution in [1.82, 2.24) is 29.7 Å². The Morgan fingerprint density at radius 3 is 2.64 bits per heavy atom. The van der Waals surface area contributed by atoms with Crippen LogP contribution >= 0.6 is 0 Å². The van der Waals surface area contributed by atoms with Crippen LogP contribution < -0.4 is 11.0 Å². The van der Waals surface area contributed by atoms with Crippen molar-refractivity contribution < 1.29 is 9.53 Å². The lowest BCUT2D eigenvalue weighted by Gasteiger charge is -2.26. The normalized spacial score (nSPS) is 17.6. The standard InChI is InChI=1S/C24H30N6O3/c31-23(26-19-4-1-2-5-19)18-8-6-17(7-9-18)20-16-25-21-22(27-20)30(24(32)28-21)11-3-10-29-12-14-33-15-13-29/h6-9,16,19H,1-5,10-15H2,(H,26,31)(H,25,28,32). The van der Waals surface area contributed by atoms with E-state index in [1.165, 1.54) is 12.8 Å². The molecular weight excluding hydrogens is 420 g/mol. The molecule has 2 fully saturated rings. The Hall–Kier alpha value is -3.04. The number of benzene rings is 1. The van der Waals surface area contributed by atoms with Gasteiger partial charge in [-0.05, 0) is 31.4 Å². The first-order valence-corrected chi connectivity index (χ1v) is 11.8. The highest BCUT2D eigenvalue weighted by Gasteiger charge is 2.18. The fraction of sp³-hybridized carbons (Fsp3) is 0.500. The molecule has 0 spiro atoms. The SMILES string of the molecule is O=C(NC1CCCC1)c1ccc(-c2cnc3[nH]c(=O)n(CCCN4CCOCC4)c3n2)cc1. The van der Waals surface area contributed by atoms with Gasteiger partial charge in [-0.1, -0.05) is 25.0 Å². The molecule has 1 aliphatic carbocycles. The zero-order valence-electron chi connectivity index (χ0n) is 18.8. The summed E-state index contributed by atoms with van der Waals surface area (Å²) in [6, 6.07) is 7.69. The number of amides is 1. The van der Waals surface area contributed by atoms with E-state index in [1.54, 1.807) is 10.8 Å². The number of imidazole rings is 1. The lowest BCUT2D eigenvalue weighted by molar-refractivity contribution is 0.0369. The number of H-pyrrole nitrogens is 1. The van der Waals surface area contributed by atoms with E-state index in [9.17, 15) is 9.59 Å². The van der Waals surface area contributed by atoms with E-state index in [1.807, 2.05) is 24.3 Å². The van der Waals surface area contributed by atoms with E-state index in [4.69, 9.17) is 9.72 Å². The van der Waals surface area contributed by atoms with Crippen LogP contribution in [0.4, 0.5) is 0 Å². The van der Waals surface area contributed by atoms with E-state index < -0.39 is 0 Å². The molecule has 1 saturated carbocycles. The third-order valence-corrected chi connectivity index (χ3v) is 6.57. The largest absolute Gasteiger partial charge is 0.379 e. The summed E-state index contributed by atoms with van der Waals surface area (Å²) in [5.74, 6) is -0.0327. The molecule has 3 heterocycles. The molecule has 1 aromatic carbocycles. The van der Waals surface area contributed by atoms with Crippen LogP contribution in [-0.4, -0.2) is 69.2 Å². The molecule has 174 valence electrons. The van der Waals surface area contributed by atoms with Crippen LogP contribution in [0.5, 0.6) is 0 Å². The molecule has 0 bridgehead atoms. The van der Waals surface area contributed by atoms with Crippen molar-refractivity contribution >= 4 is 17.2 Å². The molecule has 0 atom stereocenters. The van der Waals surface area contributed by atoms with Gasteiger partial charge in [0.15, 0.2) is 11.3 Å². The van der Waals surface area contributed by atoms with Gasteiger partial charge >= 0.3 is 5.69 Å². The molecule has 1 saturated heterocycles. The number of ether oxygens (including phenoxy) is 1. The predicted octanol–water partition coefficient (Wildman–Crippen LogP) is 2.18. The van der Waals surface area contributed by atoms with Gasteiger partial charge in [-0.3, -0.25) is 19.2 Å². The van der Waals surface area contributed by atoms with E-state index in [2.05, 4.69) is 20.2 Å². The zero-order chi connectivity index (χ0) is 22.6. The van der Waals surface area contributed by atoms with Gasteiger partial charge in [-0.25, -0.2) is 14.8 Å². The smallest absolute Gasteiger partial charge is 0.328 e. The zero-order valence-corrected chi connectivity index (χ0v) is 18.8. The summed E-state index contributed by atoms with van der Waals surface area (Å²) < 4.78 is 7.05. The van der Waals surface area contributed by atoms with Gasteiger partial charge in [0, 0.05) is 43.3 Å². The van der Waals surface area contributed by atoms with Gasteiger partial charge in [-0.2, -0.15) is 0 Å². The Kier molecular flexibility index (Phi) is 6.50. The number of hydrogen-bond donors (Lipinski definition) is 2. The van der Waals surface area contributed by atoms with Crippen molar-refractivity contribution in [1.29, 1.82) is 0 Å². The third kappa shape index (κ3) is 4.99. The van der Waals surface area contributed by atoms with Crippen LogP contribution in [0.25, 0.3) is 22.6 Å². The van der Waals surface area contributed by atoms with Gasteiger partial charge in [0.1, 0.15) is 0 Å². The van der Waals surface area contributed by atoms with Crippen LogP contribution in [0.1, 0.15) is 42.5 Å². The number of fused-ring (bicyclic) bond motifs is 1. The van der Waals surface area contributed by atoms with Crippen LogP contribution in [0.15, 0.2) is 35.3 Å². The van der Waals surface area contributed by atoms with Gasteiger partial charge in [-0.15, -0.1) is 0 Å². The Bertz CT molecular complexity index is 1160. The second-order valence-corrected chi connectivity index (χ2v) is 8.85. The van der Waals surface area contributed by atoms with Crippen molar-refractivity contribution in [2.45, 2.75) is 44.7 Å². The maximum atomic E-state index is 12.5. The highest BCUT2D eigenvalue weighted by Crippen LogP contribution is 2.21. The van der Waals surface area contributed by atoms with Gasteiger partial charge in [0.2, 0.25) is 0 Å². The number of rotatable bonds is 7. The second-order valence-electron chi connectivity index (χ2n) is 8.85. The Morgan fingerprint density at radius 1 is 1.12 bits per heavy atom. The number of aryl methyl sites for hydroxylation is 1. The predicted molar refractivity (Wildman–Crippen MR) is 125 cm³/mol. The van der Waals surface area contributed by atoms with Gasteiger partial charge < -0.3 is 10.1 Å². The molecule has 1 aliphatic heterocycles. The van der Waals surface area contributed by atoms with Crippen LogP contribution in [0, 0.1) is 0 Å².